The van der Waals surface area contributed by atoms with Gasteiger partial charge in [-0.3, -0.25) is 9.69 Å². The molecule has 0 aliphatic rings. The largest absolute Gasteiger partial charge is 0.497 e. The summed E-state index contributed by atoms with van der Waals surface area (Å²) in [6.45, 7) is 0. The number of likely N-dealkylation sites (N-methyl/N-ethyl adjacent to an activating group) is 1. The minimum atomic E-state index is -0.751. The number of ether oxygens (including phenoxy) is 1. The molecular formula is C11H14N2O3. The number of carbonyl (C=O) groups excluding carboxylic acids is 2. The molecule has 5 nitrogen and oxygen atoms in total. The van der Waals surface area contributed by atoms with Crippen LogP contribution in [0, 0.1) is 0 Å². The number of nitrogens with two attached hydrogens (primary N) is 1. The fourth-order valence-electron chi connectivity index (χ4n) is 1.16. The molecule has 5 heteroatoms. The number of hydrogen-bond donors (Lipinski definition) is 1. The van der Waals surface area contributed by atoms with Crippen molar-refractivity contribution < 1.29 is 14.3 Å². The van der Waals surface area contributed by atoms with Gasteiger partial charge in [0.1, 0.15) is 5.75 Å². The van der Waals surface area contributed by atoms with Crippen molar-refractivity contribution in [1.82, 2.24) is 4.90 Å². The van der Waals surface area contributed by atoms with Crippen LogP contribution in [0.5, 0.6) is 5.75 Å². The smallest absolute Gasteiger partial charge is 0.321 e. The fourth-order valence-corrected chi connectivity index (χ4v) is 1.16. The van der Waals surface area contributed by atoms with Crippen molar-refractivity contribution in [2.24, 2.45) is 5.73 Å². The lowest BCUT2D eigenvalue weighted by Crippen LogP contribution is -2.38. The molecule has 0 heterocycles. The Hall–Kier alpha value is -2.04. The van der Waals surface area contributed by atoms with Gasteiger partial charge in [-0.15, -0.1) is 0 Å². The fraction of sp³-hybridized carbons (Fsp3) is 0.273. The van der Waals surface area contributed by atoms with E-state index in [0.29, 0.717) is 0 Å². The van der Waals surface area contributed by atoms with E-state index in [1.54, 1.807) is 31.4 Å². The lowest BCUT2D eigenvalue weighted by Gasteiger charge is -2.12. The Bertz CT molecular complexity index is 387. The Kier molecular flexibility index (Phi) is 3.88. The summed E-state index contributed by atoms with van der Waals surface area (Å²) in [7, 11) is 2.93. The van der Waals surface area contributed by atoms with Crippen LogP contribution in [0.2, 0.25) is 0 Å². The Morgan fingerprint density at radius 3 is 2.31 bits per heavy atom. The average Bonchev–Trinajstić information content (AvgIpc) is 2.28. The third-order valence-corrected chi connectivity index (χ3v) is 2.22. The first kappa shape index (κ1) is 12.0. The molecule has 16 heavy (non-hydrogen) atoms. The number of amides is 3. The Morgan fingerprint density at radius 2 is 1.88 bits per heavy atom. The first-order valence-electron chi connectivity index (χ1n) is 4.73. The number of imide groups is 1. The molecule has 0 spiro atoms. The van der Waals surface area contributed by atoms with Crippen LogP contribution >= 0.6 is 0 Å². The molecule has 1 aromatic rings. The molecule has 3 amide bonds. The van der Waals surface area contributed by atoms with E-state index in [2.05, 4.69) is 0 Å². The molecule has 2 N–H and O–H groups in total. The van der Waals surface area contributed by atoms with Gasteiger partial charge in [-0.2, -0.15) is 0 Å². The maximum atomic E-state index is 11.5. The molecule has 0 aliphatic carbocycles. The molecule has 0 aromatic heterocycles. The normalized spacial score (nSPS) is 9.62. The summed E-state index contributed by atoms with van der Waals surface area (Å²) in [6, 6.07) is 6.30. The molecule has 0 bridgehead atoms. The second kappa shape index (κ2) is 5.16. The zero-order chi connectivity index (χ0) is 12.1. The second-order valence-corrected chi connectivity index (χ2v) is 3.32. The molecule has 1 aromatic carbocycles. The van der Waals surface area contributed by atoms with Crippen LogP contribution in [0.3, 0.4) is 0 Å². The molecule has 0 fully saturated rings. The van der Waals surface area contributed by atoms with Gasteiger partial charge in [0.2, 0.25) is 5.91 Å². The summed E-state index contributed by atoms with van der Waals surface area (Å²) in [5, 5.41) is 0. The summed E-state index contributed by atoms with van der Waals surface area (Å²) in [5.41, 5.74) is 5.79. The van der Waals surface area contributed by atoms with Crippen molar-refractivity contribution >= 4 is 11.9 Å². The van der Waals surface area contributed by atoms with Crippen LogP contribution in [0.15, 0.2) is 24.3 Å². The van der Waals surface area contributed by atoms with Gasteiger partial charge in [0.05, 0.1) is 13.5 Å². The lowest BCUT2D eigenvalue weighted by molar-refractivity contribution is -0.126. The Morgan fingerprint density at radius 1 is 1.31 bits per heavy atom. The highest BCUT2D eigenvalue weighted by Crippen LogP contribution is 2.12. The van der Waals surface area contributed by atoms with Crippen LogP contribution in [0.1, 0.15) is 5.56 Å². The van der Waals surface area contributed by atoms with Gasteiger partial charge in [-0.05, 0) is 17.7 Å². The number of urea groups is 1. The summed E-state index contributed by atoms with van der Waals surface area (Å²) < 4.78 is 4.99. The van der Waals surface area contributed by atoms with Gasteiger partial charge in [0.25, 0.3) is 0 Å². The van der Waals surface area contributed by atoms with Gasteiger partial charge in [0, 0.05) is 7.05 Å². The number of primary amides is 1. The number of carbonyl (C=O) groups is 2. The SMILES string of the molecule is COc1ccc(CC(=O)N(C)C(N)=O)cc1. The van der Waals surface area contributed by atoms with Crippen molar-refractivity contribution in [3.63, 3.8) is 0 Å². The minimum Gasteiger partial charge on any atom is -0.497 e. The number of benzene rings is 1. The van der Waals surface area contributed by atoms with Crippen LogP contribution in [-0.2, 0) is 11.2 Å². The predicted molar refractivity (Wildman–Crippen MR) is 59.1 cm³/mol. The average molecular weight is 222 g/mol. The van der Waals surface area contributed by atoms with E-state index in [4.69, 9.17) is 10.5 Å². The van der Waals surface area contributed by atoms with Crippen LogP contribution in [-0.4, -0.2) is 31.0 Å². The van der Waals surface area contributed by atoms with Gasteiger partial charge < -0.3 is 10.5 Å². The van der Waals surface area contributed by atoms with E-state index >= 15 is 0 Å². The maximum absolute atomic E-state index is 11.5. The summed E-state index contributed by atoms with van der Waals surface area (Å²) in [5.74, 6) is 0.386. The highest BCUT2D eigenvalue weighted by Gasteiger charge is 2.13. The van der Waals surface area contributed by atoms with Crippen molar-refractivity contribution in [3.8, 4) is 5.75 Å². The standard InChI is InChI=1S/C11H14N2O3/c1-13(11(12)15)10(14)7-8-3-5-9(16-2)6-4-8/h3-6H,7H2,1-2H3,(H2,12,15). The lowest BCUT2D eigenvalue weighted by atomic mass is 10.1. The zero-order valence-electron chi connectivity index (χ0n) is 9.27. The van der Waals surface area contributed by atoms with E-state index in [0.717, 1.165) is 16.2 Å². The van der Waals surface area contributed by atoms with E-state index in [-0.39, 0.29) is 12.3 Å². The maximum Gasteiger partial charge on any atom is 0.321 e. The zero-order valence-corrected chi connectivity index (χ0v) is 9.27. The predicted octanol–water partition coefficient (Wildman–Crippen LogP) is 0.775. The van der Waals surface area contributed by atoms with Crippen molar-refractivity contribution in [1.29, 1.82) is 0 Å². The van der Waals surface area contributed by atoms with Gasteiger partial charge >= 0.3 is 6.03 Å². The van der Waals surface area contributed by atoms with E-state index < -0.39 is 6.03 Å². The van der Waals surface area contributed by atoms with Crippen LogP contribution in [0.25, 0.3) is 0 Å². The van der Waals surface area contributed by atoms with Gasteiger partial charge in [0.15, 0.2) is 0 Å². The third-order valence-electron chi connectivity index (χ3n) is 2.22. The second-order valence-electron chi connectivity index (χ2n) is 3.32. The summed E-state index contributed by atoms with van der Waals surface area (Å²) in [4.78, 5) is 23.1. The van der Waals surface area contributed by atoms with Gasteiger partial charge in [-0.1, -0.05) is 12.1 Å². The highest BCUT2D eigenvalue weighted by atomic mass is 16.5. The van der Waals surface area contributed by atoms with Crippen molar-refractivity contribution in [3.05, 3.63) is 29.8 Å². The van der Waals surface area contributed by atoms with E-state index in [9.17, 15) is 9.59 Å². The highest BCUT2D eigenvalue weighted by molar-refractivity contribution is 5.94. The molecule has 1 rings (SSSR count). The number of hydrogen-bond acceptors (Lipinski definition) is 3. The molecule has 0 unspecified atom stereocenters. The Labute approximate surface area is 93.8 Å². The Balaban J connectivity index is 2.66. The van der Waals surface area contributed by atoms with Crippen LogP contribution in [0.4, 0.5) is 4.79 Å². The quantitative estimate of drug-likeness (QED) is 0.821. The molecule has 86 valence electrons. The third kappa shape index (κ3) is 2.98. The number of methoxy groups -OCH3 is 1. The molecule has 0 atom stereocenters. The summed E-state index contributed by atoms with van der Waals surface area (Å²) >= 11 is 0. The van der Waals surface area contributed by atoms with Crippen molar-refractivity contribution in [2.75, 3.05) is 14.2 Å². The number of rotatable bonds is 3. The van der Waals surface area contributed by atoms with Crippen molar-refractivity contribution in [2.45, 2.75) is 6.42 Å². The molecule has 0 saturated heterocycles. The summed E-state index contributed by atoms with van der Waals surface area (Å²) in [6.07, 6.45) is 0.142. The molecule has 0 saturated carbocycles. The first-order chi connectivity index (χ1) is 7.54. The first-order valence-corrected chi connectivity index (χ1v) is 4.73. The monoisotopic (exact) mass is 222 g/mol. The molecule has 0 aliphatic heterocycles. The number of nitrogens with zero attached hydrogens (tertiary/aromatic N) is 1. The van der Waals surface area contributed by atoms with Gasteiger partial charge in [-0.25, -0.2) is 4.79 Å². The topological polar surface area (TPSA) is 72.6 Å². The molecule has 0 radical (unpaired) electrons. The molecular weight excluding hydrogens is 208 g/mol. The van der Waals surface area contributed by atoms with Crippen LogP contribution < -0.4 is 10.5 Å². The minimum absolute atomic E-state index is 0.142. The van der Waals surface area contributed by atoms with E-state index in [1.165, 1.54) is 7.05 Å². The van der Waals surface area contributed by atoms with E-state index in [1.807, 2.05) is 0 Å².